The number of pyridine rings is 4. The molecule has 17 aromatic rings. The summed E-state index contributed by atoms with van der Waals surface area (Å²) in [6.07, 6.45) is 25.4. The van der Waals surface area contributed by atoms with Crippen molar-refractivity contribution in [2.24, 2.45) is 0 Å². The molecule has 8 aromatic heterocycles. The van der Waals surface area contributed by atoms with E-state index in [4.69, 9.17) is 23.2 Å². The van der Waals surface area contributed by atoms with Gasteiger partial charge < -0.3 is 19.6 Å². The zero-order valence-corrected chi connectivity index (χ0v) is 71.6. The van der Waals surface area contributed by atoms with E-state index in [-0.39, 0.29) is 22.2 Å². The van der Waals surface area contributed by atoms with Gasteiger partial charge in [-0.3, -0.25) is 56.2 Å². The fourth-order valence-corrected chi connectivity index (χ4v) is 18.3. The Labute approximate surface area is 729 Å². The molecule has 0 N–H and O–H groups in total. The lowest BCUT2D eigenvalue weighted by Crippen LogP contribution is -2.24. The predicted octanol–water partition coefficient (Wildman–Crippen LogP) is 18.9. The molecule has 124 heavy (non-hydrogen) atoms. The van der Waals surface area contributed by atoms with E-state index in [9.17, 15) is 19.2 Å². The molecule has 20 nitrogen and oxygen atoms in total. The van der Waals surface area contributed by atoms with E-state index < -0.39 is 0 Å². The molecule has 4 fully saturated rings. The Hall–Kier alpha value is -12.7. The molecule has 4 saturated heterocycles. The van der Waals surface area contributed by atoms with Crippen molar-refractivity contribution in [1.82, 2.24) is 77.0 Å². The summed E-state index contributed by atoms with van der Waals surface area (Å²) in [4.78, 5) is 61.5. The van der Waals surface area contributed by atoms with Gasteiger partial charge in [-0.1, -0.05) is 131 Å². The van der Waals surface area contributed by atoms with Gasteiger partial charge in [0.25, 0.3) is 22.2 Å². The third-order valence-electron chi connectivity index (χ3n) is 24.7. The fraction of sp³-hybridized carbons (Fsp3) is 0.255. The molecule has 0 aliphatic carbocycles. The molecule has 0 amide bonds. The van der Waals surface area contributed by atoms with Gasteiger partial charge in [-0.15, -0.1) is 0 Å². The van der Waals surface area contributed by atoms with Crippen molar-refractivity contribution in [3.63, 3.8) is 0 Å². The molecule has 626 valence electrons. The highest BCUT2D eigenvalue weighted by Crippen LogP contribution is 2.33. The summed E-state index contributed by atoms with van der Waals surface area (Å²) >= 11 is 12.3. The van der Waals surface area contributed by atoms with Gasteiger partial charge in [0.15, 0.2) is 0 Å². The molecule has 0 atom stereocenters. The number of aromatic nitrogens is 12. The maximum Gasteiger partial charge on any atom is 0.255 e. The van der Waals surface area contributed by atoms with Gasteiger partial charge in [0.05, 0.1) is 73.0 Å². The molecule has 9 aromatic carbocycles. The first kappa shape index (κ1) is 82.3. The highest BCUT2D eigenvalue weighted by atomic mass is 35.5. The largest absolute Gasteiger partial charge is 0.301 e. The van der Waals surface area contributed by atoms with Crippen LogP contribution in [0, 0.1) is 13.8 Å². The molecule has 0 radical (unpaired) electrons. The maximum absolute atomic E-state index is 13.1. The van der Waals surface area contributed by atoms with Gasteiger partial charge in [-0.2, -0.15) is 20.4 Å². The summed E-state index contributed by atoms with van der Waals surface area (Å²) in [5.74, 6) is 0. The summed E-state index contributed by atoms with van der Waals surface area (Å²) in [6, 6.07) is 75.2. The van der Waals surface area contributed by atoms with Gasteiger partial charge in [0, 0.05) is 135 Å². The molecule has 0 unspecified atom stereocenters. The SMILES string of the molecule is Cc1ccc(-c2ccn(-c3ccc4c(cnn4CCN4CCCC4)c3)c(=O)c2)cc1.Cc1ccc(-c2ccn(-c3ccc4c(cnn4CCN4CCCC4)c3)c(=O)c2)cc1.O=c1cc(-c2ccc(Cl)cc2Cl)ccn1-c1ccc2c(cnn2CCN2CCCC2)c1.O=c1cc(-c2cccc3ccccc23)ccn1-c1ccc2c(cnn2CCN2CCCC2)c1. The summed E-state index contributed by atoms with van der Waals surface area (Å²) < 4.78 is 15.0. The number of hydrogen-bond donors (Lipinski definition) is 0. The molecule has 4 aliphatic heterocycles. The first-order chi connectivity index (χ1) is 60.7. The number of benzene rings is 9. The summed E-state index contributed by atoms with van der Waals surface area (Å²) in [5, 5.41) is 25.9. The highest BCUT2D eigenvalue weighted by Gasteiger charge is 2.20. The molecule has 0 saturated carbocycles. The lowest BCUT2D eigenvalue weighted by Gasteiger charge is -2.14. The van der Waals surface area contributed by atoms with E-state index in [0.717, 1.165) is 169 Å². The van der Waals surface area contributed by atoms with E-state index in [1.807, 2.05) is 151 Å². The number of fused-ring (bicyclic) bond motifs is 5. The number of hydrogen-bond acceptors (Lipinski definition) is 12. The molecule has 22 heteroatoms. The first-order valence-corrected chi connectivity index (χ1v) is 44.2. The van der Waals surface area contributed by atoms with Crippen LogP contribution in [0.25, 0.3) is 122 Å². The van der Waals surface area contributed by atoms with Crippen LogP contribution in [-0.4, -0.2) is 156 Å². The number of nitrogens with zero attached hydrogens (tertiary/aromatic N) is 16. The maximum atomic E-state index is 13.1. The third kappa shape index (κ3) is 18.8. The minimum atomic E-state index is -0.121. The summed E-state index contributed by atoms with van der Waals surface area (Å²) in [6.45, 7) is 21.4. The average Bonchev–Trinajstić information content (AvgIpc) is 1.70. The number of aryl methyl sites for hydroxylation is 2. The Morgan fingerprint density at radius 2 is 0.589 bits per heavy atom. The van der Waals surface area contributed by atoms with E-state index >= 15 is 0 Å². The number of likely N-dealkylation sites (tertiary alicyclic amines) is 4. The van der Waals surface area contributed by atoms with Crippen LogP contribution in [0.3, 0.4) is 0 Å². The zero-order valence-electron chi connectivity index (χ0n) is 70.1. The monoisotopic (exact) mass is 1680 g/mol. The van der Waals surface area contributed by atoms with Gasteiger partial charge >= 0.3 is 0 Å². The summed E-state index contributed by atoms with van der Waals surface area (Å²) in [5.41, 5.74) is 17.5. The van der Waals surface area contributed by atoms with Crippen molar-refractivity contribution in [3.8, 4) is 67.3 Å². The van der Waals surface area contributed by atoms with Gasteiger partial charge in [0.2, 0.25) is 0 Å². The topological polar surface area (TPSA) is 172 Å². The van der Waals surface area contributed by atoms with Crippen molar-refractivity contribution >= 4 is 77.6 Å². The molecule has 12 heterocycles. The number of halogens is 2. The second-order valence-corrected chi connectivity index (χ2v) is 33.9. The van der Waals surface area contributed by atoms with Crippen LogP contribution in [0.5, 0.6) is 0 Å². The van der Waals surface area contributed by atoms with Gasteiger partial charge in [0.1, 0.15) is 0 Å². The standard InChI is InChI=1S/C28H26N4O.2C25H26N4O.C24H22Cl2N4O/c33-28-19-22(26-9-5-7-21-6-1-2-8-25(21)26)12-15-31(28)24-10-11-27-23(18-24)20-29-32(27)17-16-30-13-3-4-14-30;2*1-19-4-6-20(7-5-19)21-10-13-28(25(30)17-21)23-8-9-24-22(16-23)18-26-29(24)15-14-27-11-2-3-12-27;25-19-3-5-21(22(26)15-19)17-7-10-29(24(31)14-17)20-4-6-23-18(13-20)16-27-30(23)12-11-28-8-1-2-9-28/h1-2,5-12,15,18-20H,3-4,13-14,16-17H2;2*4-10,13,16-18H,2-3,11-12,14-15H2,1H3;3-7,10,13-16H,1-2,8-9,11-12H2. The Morgan fingerprint density at radius 3 is 0.927 bits per heavy atom. The van der Waals surface area contributed by atoms with E-state index in [1.54, 1.807) is 60.9 Å². The van der Waals surface area contributed by atoms with E-state index in [0.29, 0.717) is 10.0 Å². The van der Waals surface area contributed by atoms with Crippen molar-refractivity contribution in [2.45, 2.75) is 91.4 Å². The van der Waals surface area contributed by atoms with Crippen LogP contribution in [0.4, 0.5) is 0 Å². The average molecular weight is 1680 g/mol. The quantitative estimate of drug-likeness (QED) is 0.0708. The van der Waals surface area contributed by atoms with Gasteiger partial charge in [-0.25, -0.2) is 0 Å². The summed E-state index contributed by atoms with van der Waals surface area (Å²) in [7, 11) is 0. The first-order valence-electron chi connectivity index (χ1n) is 43.4. The number of rotatable bonds is 20. The van der Waals surface area contributed by atoms with Crippen LogP contribution in [-0.2, 0) is 26.2 Å². The normalized spacial score (nSPS) is 14.5. The van der Waals surface area contributed by atoms with E-state index in [1.165, 1.54) is 120 Å². The molecule has 21 rings (SSSR count). The minimum Gasteiger partial charge on any atom is -0.301 e. The zero-order chi connectivity index (χ0) is 84.6. The van der Waals surface area contributed by atoms with E-state index in [2.05, 4.69) is 159 Å². The molecular formula is C102H100Cl2N16O4. The Bertz CT molecular complexity index is 6730. The van der Waals surface area contributed by atoms with Crippen LogP contribution >= 0.6 is 23.2 Å². The van der Waals surface area contributed by atoms with Crippen molar-refractivity contribution in [2.75, 3.05) is 78.5 Å². The second kappa shape index (κ2) is 37.6. The Morgan fingerprint density at radius 1 is 0.274 bits per heavy atom. The Kier molecular flexibility index (Phi) is 24.9. The molecular weight excluding hydrogens is 1580 g/mol. The fourth-order valence-electron chi connectivity index (χ4n) is 17.7. The lowest BCUT2D eigenvalue weighted by atomic mass is 9.99. The second-order valence-electron chi connectivity index (χ2n) is 33.0. The molecule has 0 bridgehead atoms. The highest BCUT2D eigenvalue weighted by molar-refractivity contribution is 6.36. The lowest BCUT2D eigenvalue weighted by molar-refractivity contribution is 0.318. The molecule has 0 spiro atoms. The Balaban J connectivity index is 0.000000113. The van der Waals surface area contributed by atoms with Crippen molar-refractivity contribution in [3.05, 3.63) is 343 Å². The third-order valence-corrected chi connectivity index (χ3v) is 25.3. The smallest absolute Gasteiger partial charge is 0.255 e. The van der Waals surface area contributed by atoms with Gasteiger partial charge in [-0.05, 0) is 276 Å². The van der Waals surface area contributed by atoms with Crippen LogP contribution in [0.1, 0.15) is 62.5 Å². The van der Waals surface area contributed by atoms with Crippen molar-refractivity contribution in [1.29, 1.82) is 0 Å². The minimum absolute atomic E-state index is 0.0335. The molecule has 4 aliphatic rings. The van der Waals surface area contributed by atoms with Crippen LogP contribution in [0.2, 0.25) is 10.0 Å². The van der Waals surface area contributed by atoms with Crippen LogP contribution < -0.4 is 22.2 Å². The van der Waals surface area contributed by atoms with Crippen molar-refractivity contribution < 1.29 is 0 Å². The van der Waals surface area contributed by atoms with Crippen LogP contribution in [0.15, 0.2) is 299 Å². The predicted molar refractivity (Wildman–Crippen MR) is 503 cm³/mol.